The molecule has 2 amide bonds. The molecular weight excluding hydrogens is 392 g/mol. The number of carbonyl (C=O) groups excluding carboxylic acids is 3. The van der Waals surface area contributed by atoms with Gasteiger partial charge in [0.2, 0.25) is 5.91 Å². The molecule has 1 N–H and O–H groups in total. The van der Waals surface area contributed by atoms with Gasteiger partial charge in [-0.15, -0.1) is 0 Å². The van der Waals surface area contributed by atoms with E-state index in [4.69, 9.17) is 9.47 Å². The van der Waals surface area contributed by atoms with E-state index in [0.29, 0.717) is 5.75 Å². The standard InChI is InChI=1S/C17H23BrN2O5/c1-17(2,3)19-14(21)9-20(4)15(22)10-25-16(23)11-24-13-7-5-12(18)6-8-13/h5-8H,9-11H2,1-4H3,(H,19,21). The summed E-state index contributed by atoms with van der Waals surface area (Å²) in [5.41, 5.74) is -0.377. The predicted molar refractivity (Wildman–Crippen MR) is 96.1 cm³/mol. The Kier molecular flexibility index (Phi) is 7.89. The maximum atomic E-state index is 11.9. The number of esters is 1. The predicted octanol–water partition coefficient (Wildman–Crippen LogP) is 1.74. The third-order valence-corrected chi connectivity index (χ3v) is 3.38. The van der Waals surface area contributed by atoms with Gasteiger partial charge in [0.1, 0.15) is 5.75 Å². The first kappa shape index (κ1) is 21.0. The summed E-state index contributed by atoms with van der Waals surface area (Å²) in [6.45, 7) is 4.69. The molecule has 0 saturated heterocycles. The Hall–Kier alpha value is -2.09. The van der Waals surface area contributed by atoms with E-state index >= 15 is 0 Å². The lowest BCUT2D eigenvalue weighted by Gasteiger charge is -2.23. The number of hydrogen-bond donors (Lipinski definition) is 1. The normalized spacial score (nSPS) is 10.8. The molecule has 0 atom stereocenters. The molecule has 7 nitrogen and oxygen atoms in total. The highest BCUT2D eigenvalue weighted by atomic mass is 79.9. The smallest absolute Gasteiger partial charge is 0.344 e. The Labute approximate surface area is 155 Å². The summed E-state index contributed by atoms with van der Waals surface area (Å²) in [5, 5.41) is 2.75. The second-order valence-electron chi connectivity index (χ2n) is 6.45. The number of amides is 2. The topological polar surface area (TPSA) is 84.9 Å². The van der Waals surface area contributed by atoms with E-state index in [-0.39, 0.29) is 24.6 Å². The highest BCUT2D eigenvalue weighted by Gasteiger charge is 2.18. The number of hydrogen-bond acceptors (Lipinski definition) is 5. The number of rotatable bonds is 7. The molecule has 0 aliphatic rings. The molecule has 0 spiro atoms. The van der Waals surface area contributed by atoms with Crippen LogP contribution in [0, 0.1) is 0 Å². The van der Waals surface area contributed by atoms with Crippen molar-refractivity contribution < 1.29 is 23.9 Å². The molecule has 0 radical (unpaired) electrons. The Morgan fingerprint density at radius 3 is 2.28 bits per heavy atom. The zero-order valence-corrected chi connectivity index (χ0v) is 16.4. The zero-order valence-electron chi connectivity index (χ0n) is 14.8. The summed E-state index contributed by atoms with van der Waals surface area (Å²) in [6, 6.07) is 6.96. The van der Waals surface area contributed by atoms with Crippen LogP contribution < -0.4 is 10.1 Å². The van der Waals surface area contributed by atoms with E-state index in [0.717, 1.165) is 4.47 Å². The lowest BCUT2D eigenvalue weighted by atomic mass is 10.1. The monoisotopic (exact) mass is 414 g/mol. The molecule has 0 aromatic heterocycles. The van der Waals surface area contributed by atoms with Crippen LogP contribution in [0.4, 0.5) is 0 Å². The van der Waals surface area contributed by atoms with Gasteiger partial charge in [-0.3, -0.25) is 9.59 Å². The molecule has 0 unspecified atom stereocenters. The Bertz CT molecular complexity index is 610. The zero-order chi connectivity index (χ0) is 19.0. The third kappa shape index (κ3) is 9.09. The second kappa shape index (κ2) is 9.41. The highest BCUT2D eigenvalue weighted by Crippen LogP contribution is 2.15. The van der Waals surface area contributed by atoms with Crippen LogP contribution in [0.3, 0.4) is 0 Å². The molecule has 0 saturated carbocycles. The number of ether oxygens (including phenoxy) is 2. The molecule has 138 valence electrons. The van der Waals surface area contributed by atoms with Crippen molar-refractivity contribution in [2.24, 2.45) is 0 Å². The van der Waals surface area contributed by atoms with E-state index in [1.807, 2.05) is 20.8 Å². The van der Waals surface area contributed by atoms with Gasteiger partial charge in [0.05, 0.1) is 6.54 Å². The van der Waals surface area contributed by atoms with Crippen LogP contribution in [-0.4, -0.2) is 55.0 Å². The van der Waals surface area contributed by atoms with Crippen molar-refractivity contribution in [3.05, 3.63) is 28.7 Å². The number of halogens is 1. The number of carbonyl (C=O) groups is 3. The van der Waals surface area contributed by atoms with Gasteiger partial charge >= 0.3 is 5.97 Å². The largest absolute Gasteiger partial charge is 0.482 e. The van der Waals surface area contributed by atoms with Gasteiger partial charge in [-0.25, -0.2) is 4.79 Å². The maximum absolute atomic E-state index is 11.9. The van der Waals surface area contributed by atoms with Crippen molar-refractivity contribution in [1.82, 2.24) is 10.2 Å². The van der Waals surface area contributed by atoms with Crippen LogP contribution in [0.1, 0.15) is 20.8 Å². The van der Waals surface area contributed by atoms with Crippen molar-refractivity contribution >= 4 is 33.7 Å². The fourth-order valence-electron chi connectivity index (χ4n) is 1.73. The minimum Gasteiger partial charge on any atom is -0.482 e. The Balaban J connectivity index is 2.31. The van der Waals surface area contributed by atoms with Crippen LogP contribution in [0.2, 0.25) is 0 Å². The molecule has 8 heteroatoms. The van der Waals surface area contributed by atoms with Crippen LogP contribution in [0.25, 0.3) is 0 Å². The van der Waals surface area contributed by atoms with E-state index in [1.165, 1.54) is 11.9 Å². The lowest BCUT2D eigenvalue weighted by Crippen LogP contribution is -2.47. The Morgan fingerprint density at radius 2 is 1.72 bits per heavy atom. The SMILES string of the molecule is CN(CC(=O)NC(C)(C)C)C(=O)COC(=O)COc1ccc(Br)cc1. The molecule has 1 aromatic rings. The molecule has 0 bridgehead atoms. The summed E-state index contributed by atoms with van der Waals surface area (Å²) in [6.07, 6.45) is 0. The molecule has 1 aromatic carbocycles. The average Bonchev–Trinajstić information content (AvgIpc) is 2.50. The number of likely N-dealkylation sites (N-methyl/N-ethyl adjacent to an activating group) is 1. The van der Waals surface area contributed by atoms with Crippen molar-refractivity contribution in [3.63, 3.8) is 0 Å². The van der Waals surface area contributed by atoms with Crippen molar-refractivity contribution in [2.75, 3.05) is 26.8 Å². The average molecular weight is 415 g/mol. The van der Waals surface area contributed by atoms with Gasteiger partial charge in [0.25, 0.3) is 5.91 Å². The summed E-state index contributed by atoms with van der Waals surface area (Å²) in [4.78, 5) is 36.5. The van der Waals surface area contributed by atoms with Crippen molar-refractivity contribution in [3.8, 4) is 5.75 Å². The fraction of sp³-hybridized carbons (Fsp3) is 0.471. The number of benzene rings is 1. The van der Waals surface area contributed by atoms with Gasteiger partial charge in [-0.2, -0.15) is 0 Å². The minimum atomic E-state index is -0.663. The van der Waals surface area contributed by atoms with E-state index in [1.54, 1.807) is 24.3 Å². The van der Waals surface area contributed by atoms with Crippen LogP contribution in [0.5, 0.6) is 5.75 Å². The van der Waals surface area contributed by atoms with Crippen LogP contribution >= 0.6 is 15.9 Å². The van der Waals surface area contributed by atoms with E-state index in [9.17, 15) is 14.4 Å². The quantitative estimate of drug-likeness (QED) is 0.686. The van der Waals surface area contributed by atoms with E-state index < -0.39 is 18.5 Å². The van der Waals surface area contributed by atoms with Crippen LogP contribution in [-0.2, 0) is 19.1 Å². The molecule has 25 heavy (non-hydrogen) atoms. The summed E-state index contributed by atoms with van der Waals surface area (Å²) in [5.74, 6) is -0.902. The third-order valence-electron chi connectivity index (χ3n) is 2.85. The van der Waals surface area contributed by atoms with Gasteiger partial charge in [-0.05, 0) is 45.0 Å². The summed E-state index contributed by atoms with van der Waals surface area (Å²) < 4.78 is 11.0. The lowest BCUT2D eigenvalue weighted by molar-refractivity contribution is -0.153. The molecule has 0 aliphatic carbocycles. The summed E-state index contributed by atoms with van der Waals surface area (Å²) in [7, 11) is 1.47. The molecular formula is C17H23BrN2O5. The van der Waals surface area contributed by atoms with Gasteiger partial charge in [0, 0.05) is 17.1 Å². The first-order valence-electron chi connectivity index (χ1n) is 7.66. The minimum absolute atomic E-state index is 0.108. The van der Waals surface area contributed by atoms with Crippen molar-refractivity contribution in [2.45, 2.75) is 26.3 Å². The molecule has 0 aliphatic heterocycles. The highest BCUT2D eigenvalue weighted by molar-refractivity contribution is 9.10. The van der Waals surface area contributed by atoms with Gasteiger partial charge in [-0.1, -0.05) is 15.9 Å². The number of nitrogens with zero attached hydrogens (tertiary/aromatic N) is 1. The maximum Gasteiger partial charge on any atom is 0.344 e. The molecule has 0 fully saturated rings. The Morgan fingerprint density at radius 1 is 1.12 bits per heavy atom. The first-order valence-corrected chi connectivity index (χ1v) is 8.45. The fourth-order valence-corrected chi connectivity index (χ4v) is 1.99. The van der Waals surface area contributed by atoms with Crippen LogP contribution in [0.15, 0.2) is 28.7 Å². The first-order chi connectivity index (χ1) is 11.6. The second-order valence-corrected chi connectivity index (χ2v) is 7.37. The molecule has 1 rings (SSSR count). The summed E-state index contributed by atoms with van der Waals surface area (Å²) >= 11 is 3.29. The van der Waals surface area contributed by atoms with Crippen molar-refractivity contribution in [1.29, 1.82) is 0 Å². The molecule has 0 heterocycles. The van der Waals surface area contributed by atoms with Gasteiger partial charge in [0.15, 0.2) is 13.2 Å². The van der Waals surface area contributed by atoms with E-state index in [2.05, 4.69) is 21.2 Å². The number of nitrogens with one attached hydrogen (secondary N) is 1. The van der Waals surface area contributed by atoms with Gasteiger partial charge < -0.3 is 19.7 Å².